The number of nitrogens with one attached hydrogen (secondary N) is 2. The predicted molar refractivity (Wildman–Crippen MR) is 80.6 cm³/mol. The summed E-state index contributed by atoms with van der Waals surface area (Å²) in [6.07, 6.45) is 2.33. The monoisotopic (exact) mass is 299 g/mol. The van der Waals surface area contributed by atoms with E-state index in [0.29, 0.717) is 17.1 Å². The van der Waals surface area contributed by atoms with Crippen LogP contribution in [-0.2, 0) is 6.42 Å². The first-order valence-corrected chi connectivity index (χ1v) is 8.37. The number of hydrogen-bond acceptors (Lipinski definition) is 4. The lowest BCUT2D eigenvalue weighted by molar-refractivity contribution is -0.893. The standard InChI is InChI=1S/C14H25N3O2S/c1-4-7-8-11-12(18)15-14(16-13(11)19)20-10-9-17(5-2)6-3/h4-10H2,1-3H3,(H2,15,16,18,19). The molecule has 0 saturated carbocycles. The molecular weight excluding hydrogens is 274 g/mol. The van der Waals surface area contributed by atoms with Crippen LogP contribution in [0, 0.1) is 0 Å². The molecule has 5 nitrogen and oxygen atoms in total. The highest BCUT2D eigenvalue weighted by molar-refractivity contribution is 7.99. The molecule has 0 radical (unpaired) electrons. The molecule has 0 amide bonds. The van der Waals surface area contributed by atoms with Crippen molar-refractivity contribution in [2.24, 2.45) is 0 Å². The van der Waals surface area contributed by atoms with E-state index in [9.17, 15) is 9.90 Å². The van der Waals surface area contributed by atoms with Gasteiger partial charge in [0.25, 0.3) is 5.56 Å². The Balaban J connectivity index is 2.62. The fraction of sp³-hybridized carbons (Fsp3) is 0.714. The second-order valence-corrected chi connectivity index (χ2v) is 5.90. The maximum atomic E-state index is 11.9. The van der Waals surface area contributed by atoms with Gasteiger partial charge in [-0.2, -0.15) is 0 Å². The molecule has 0 unspecified atom stereocenters. The zero-order valence-electron chi connectivity index (χ0n) is 12.6. The first-order valence-electron chi connectivity index (χ1n) is 7.38. The van der Waals surface area contributed by atoms with E-state index in [1.165, 1.54) is 16.7 Å². The number of aromatic amines is 1. The van der Waals surface area contributed by atoms with Gasteiger partial charge in [-0.1, -0.05) is 25.1 Å². The summed E-state index contributed by atoms with van der Waals surface area (Å²) in [5.41, 5.74) is 0.0294. The zero-order valence-corrected chi connectivity index (χ0v) is 13.4. The van der Waals surface area contributed by atoms with Crippen molar-refractivity contribution >= 4 is 11.8 Å². The summed E-state index contributed by atoms with van der Waals surface area (Å²) in [4.78, 5) is 20.1. The van der Waals surface area contributed by atoms with Crippen molar-refractivity contribution in [2.75, 3.05) is 25.4 Å². The molecule has 114 valence electrons. The quantitative estimate of drug-likeness (QED) is 0.505. The summed E-state index contributed by atoms with van der Waals surface area (Å²) in [6, 6.07) is 0. The second-order valence-electron chi connectivity index (χ2n) is 4.81. The van der Waals surface area contributed by atoms with Crippen LogP contribution in [0.25, 0.3) is 0 Å². The van der Waals surface area contributed by atoms with Crippen LogP contribution in [0.4, 0.5) is 0 Å². The SMILES string of the molecule is CCCCc1c([O-])nc(SCC[NH+](CC)CC)[nH]c1=O. The summed E-state index contributed by atoms with van der Waals surface area (Å²) < 4.78 is 0. The van der Waals surface area contributed by atoms with Gasteiger partial charge in [0.15, 0.2) is 5.16 Å². The van der Waals surface area contributed by atoms with E-state index in [2.05, 4.69) is 23.8 Å². The van der Waals surface area contributed by atoms with Crippen LogP contribution in [0.2, 0.25) is 0 Å². The van der Waals surface area contributed by atoms with Gasteiger partial charge in [0, 0.05) is 5.56 Å². The Morgan fingerprint density at radius 1 is 1.30 bits per heavy atom. The van der Waals surface area contributed by atoms with E-state index >= 15 is 0 Å². The molecule has 1 rings (SSSR count). The fourth-order valence-electron chi connectivity index (χ4n) is 2.00. The van der Waals surface area contributed by atoms with E-state index in [-0.39, 0.29) is 11.4 Å². The molecule has 1 aromatic rings. The molecule has 6 heteroatoms. The number of quaternary nitrogens is 1. The minimum atomic E-state index is -0.361. The van der Waals surface area contributed by atoms with Gasteiger partial charge in [-0.05, 0) is 32.6 Å². The highest BCUT2D eigenvalue weighted by Gasteiger charge is 2.07. The van der Waals surface area contributed by atoms with Crippen molar-refractivity contribution < 1.29 is 10.0 Å². The van der Waals surface area contributed by atoms with Crippen molar-refractivity contribution in [1.29, 1.82) is 0 Å². The van der Waals surface area contributed by atoms with E-state index in [4.69, 9.17) is 0 Å². The lowest BCUT2D eigenvalue weighted by atomic mass is 10.1. The third-order valence-corrected chi connectivity index (χ3v) is 4.31. The van der Waals surface area contributed by atoms with E-state index in [1.807, 2.05) is 6.92 Å². The van der Waals surface area contributed by atoms with Crippen molar-refractivity contribution in [3.05, 3.63) is 15.9 Å². The van der Waals surface area contributed by atoms with Crippen LogP contribution >= 0.6 is 11.8 Å². The number of hydrogen-bond donors (Lipinski definition) is 2. The molecule has 0 fully saturated rings. The molecule has 0 aliphatic rings. The largest absolute Gasteiger partial charge is 0.858 e. The Morgan fingerprint density at radius 3 is 2.55 bits per heavy atom. The Morgan fingerprint density at radius 2 is 2.00 bits per heavy atom. The molecule has 0 bridgehead atoms. The molecule has 0 spiro atoms. The van der Waals surface area contributed by atoms with Gasteiger partial charge in [-0.25, -0.2) is 4.98 Å². The van der Waals surface area contributed by atoms with Crippen molar-refractivity contribution in [3.8, 4) is 5.88 Å². The molecule has 2 N–H and O–H groups in total. The lowest BCUT2D eigenvalue weighted by Crippen LogP contribution is -3.11. The third-order valence-electron chi connectivity index (χ3n) is 3.43. The molecule has 0 aliphatic heterocycles. The van der Waals surface area contributed by atoms with Crippen LogP contribution < -0.4 is 15.6 Å². The van der Waals surface area contributed by atoms with Gasteiger partial charge in [-0.3, -0.25) is 4.79 Å². The Bertz CT molecular complexity index is 458. The van der Waals surface area contributed by atoms with Crippen molar-refractivity contribution in [3.63, 3.8) is 0 Å². The molecular formula is C14H25N3O2S. The third kappa shape index (κ3) is 5.17. The smallest absolute Gasteiger partial charge is 0.254 e. The van der Waals surface area contributed by atoms with E-state index < -0.39 is 0 Å². The first kappa shape index (κ1) is 17.0. The Kier molecular flexibility index (Phi) is 7.69. The molecule has 1 aromatic heterocycles. The van der Waals surface area contributed by atoms with Gasteiger partial charge in [0.1, 0.15) is 0 Å². The number of nitrogens with zero attached hydrogens (tertiary/aromatic N) is 1. The summed E-state index contributed by atoms with van der Waals surface area (Å²) in [5.74, 6) is 0.494. The predicted octanol–water partition coefficient (Wildman–Crippen LogP) is 0.203. The van der Waals surface area contributed by atoms with Crippen LogP contribution in [0.1, 0.15) is 39.2 Å². The number of unbranched alkanes of at least 4 members (excludes halogenated alkanes) is 1. The second kappa shape index (κ2) is 9.02. The van der Waals surface area contributed by atoms with Crippen LogP contribution in [0.3, 0.4) is 0 Å². The van der Waals surface area contributed by atoms with Gasteiger partial charge < -0.3 is 15.0 Å². The number of thioether (sulfide) groups is 1. The van der Waals surface area contributed by atoms with Crippen molar-refractivity contribution in [2.45, 2.75) is 45.2 Å². The van der Waals surface area contributed by atoms with E-state index in [1.54, 1.807) is 0 Å². The van der Waals surface area contributed by atoms with Crippen LogP contribution in [0.15, 0.2) is 9.95 Å². The van der Waals surface area contributed by atoms with Crippen LogP contribution in [-0.4, -0.2) is 35.4 Å². The number of rotatable bonds is 9. The van der Waals surface area contributed by atoms with Gasteiger partial charge in [-0.15, -0.1) is 0 Å². The normalized spacial score (nSPS) is 11.2. The average Bonchev–Trinajstić information content (AvgIpc) is 2.43. The Labute approximate surface area is 124 Å². The van der Waals surface area contributed by atoms with E-state index in [0.717, 1.165) is 38.2 Å². The molecule has 0 atom stereocenters. The Hall–Kier alpha value is -1.01. The summed E-state index contributed by atoms with van der Waals surface area (Å²) in [5, 5.41) is 12.3. The maximum Gasteiger partial charge on any atom is 0.254 e. The maximum absolute atomic E-state index is 11.9. The summed E-state index contributed by atoms with van der Waals surface area (Å²) in [6.45, 7) is 9.52. The van der Waals surface area contributed by atoms with Gasteiger partial charge in [0.2, 0.25) is 0 Å². The number of aromatic nitrogens is 2. The lowest BCUT2D eigenvalue weighted by Gasteiger charge is -2.15. The molecule has 0 aliphatic carbocycles. The topological polar surface area (TPSA) is 73.2 Å². The zero-order chi connectivity index (χ0) is 15.0. The van der Waals surface area contributed by atoms with Gasteiger partial charge >= 0.3 is 0 Å². The molecule has 1 heterocycles. The fourth-order valence-corrected chi connectivity index (χ4v) is 2.89. The highest BCUT2D eigenvalue weighted by Crippen LogP contribution is 2.15. The minimum Gasteiger partial charge on any atom is -0.858 e. The summed E-state index contributed by atoms with van der Waals surface area (Å²) in [7, 11) is 0. The molecule has 0 saturated heterocycles. The molecule has 20 heavy (non-hydrogen) atoms. The highest BCUT2D eigenvalue weighted by atomic mass is 32.2. The number of H-pyrrole nitrogens is 1. The minimum absolute atomic E-state index is 0.267. The summed E-state index contributed by atoms with van der Waals surface area (Å²) >= 11 is 1.45. The van der Waals surface area contributed by atoms with Gasteiger partial charge in [0.05, 0.1) is 25.4 Å². The van der Waals surface area contributed by atoms with Crippen molar-refractivity contribution in [1.82, 2.24) is 9.97 Å². The first-order chi connectivity index (χ1) is 9.62. The van der Waals surface area contributed by atoms with Crippen LogP contribution in [0.5, 0.6) is 5.88 Å². The molecule has 0 aromatic carbocycles. The average molecular weight is 299 g/mol.